The topological polar surface area (TPSA) is 49.4 Å². The molecule has 1 N–H and O–H groups in total. The molecule has 0 spiro atoms. The first-order chi connectivity index (χ1) is 14.1. The molecule has 146 valence electrons. The second-order valence-electron chi connectivity index (χ2n) is 6.80. The molecule has 0 saturated carbocycles. The predicted molar refractivity (Wildman–Crippen MR) is 117 cm³/mol. The van der Waals surface area contributed by atoms with Crippen molar-refractivity contribution in [3.63, 3.8) is 0 Å². The molecule has 0 aliphatic heterocycles. The number of nitrogens with zero attached hydrogens (tertiary/aromatic N) is 1. The van der Waals surface area contributed by atoms with E-state index in [1.807, 2.05) is 89.8 Å². The Morgan fingerprint density at radius 3 is 1.79 bits per heavy atom. The van der Waals surface area contributed by atoms with Crippen LogP contribution in [-0.4, -0.2) is 16.7 Å². The Bertz CT molecular complexity index is 923. The van der Waals surface area contributed by atoms with Crippen molar-refractivity contribution in [3.05, 3.63) is 108 Å². The van der Waals surface area contributed by atoms with Gasteiger partial charge in [0.15, 0.2) is 0 Å². The summed E-state index contributed by atoms with van der Waals surface area (Å²) in [5, 5.41) is 2.73. The number of rotatable bonds is 7. The number of amides is 2. The molecule has 0 unspecified atom stereocenters. The number of hydrogen-bond donors (Lipinski definition) is 1. The molecule has 0 fully saturated rings. The van der Waals surface area contributed by atoms with E-state index >= 15 is 0 Å². The minimum atomic E-state index is -0.110. The van der Waals surface area contributed by atoms with Crippen molar-refractivity contribution >= 4 is 23.6 Å². The van der Waals surface area contributed by atoms with E-state index in [0.29, 0.717) is 13.1 Å². The summed E-state index contributed by atoms with van der Waals surface area (Å²) in [6.07, 6.45) is 3.39. The zero-order valence-electron chi connectivity index (χ0n) is 16.4. The number of benzene rings is 3. The van der Waals surface area contributed by atoms with E-state index in [1.54, 1.807) is 12.2 Å². The van der Waals surface area contributed by atoms with Crippen LogP contribution in [0.25, 0.3) is 6.08 Å². The molecule has 0 aliphatic rings. The van der Waals surface area contributed by atoms with Crippen LogP contribution in [0.15, 0.2) is 91.0 Å². The van der Waals surface area contributed by atoms with Gasteiger partial charge in [0.1, 0.15) is 0 Å². The van der Waals surface area contributed by atoms with Crippen LogP contribution in [0.5, 0.6) is 0 Å². The third-order valence-electron chi connectivity index (χ3n) is 4.39. The molecule has 3 aromatic carbocycles. The summed E-state index contributed by atoms with van der Waals surface area (Å²) < 4.78 is 0. The molecule has 3 rings (SSSR count). The molecular formula is C25H24N2O2. The molecule has 29 heavy (non-hydrogen) atoms. The van der Waals surface area contributed by atoms with Gasteiger partial charge in [0.25, 0.3) is 0 Å². The van der Waals surface area contributed by atoms with Gasteiger partial charge in [-0.2, -0.15) is 0 Å². The lowest BCUT2D eigenvalue weighted by Gasteiger charge is -2.21. The molecule has 3 aromatic rings. The maximum atomic E-state index is 12.9. The molecular weight excluding hydrogens is 360 g/mol. The van der Waals surface area contributed by atoms with Crippen molar-refractivity contribution in [3.8, 4) is 0 Å². The molecule has 0 heterocycles. The summed E-state index contributed by atoms with van der Waals surface area (Å²) in [5.74, 6) is -0.162. The summed E-state index contributed by atoms with van der Waals surface area (Å²) in [5.41, 5.74) is 3.80. The van der Waals surface area contributed by atoms with Gasteiger partial charge in [-0.3, -0.25) is 9.59 Å². The molecule has 0 aliphatic carbocycles. The van der Waals surface area contributed by atoms with Gasteiger partial charge >= 0.3 is 0 Å². The number of nitrogens with one attached hydrogen (secondary N) is 1. The highest BCUT2D eigenvalue weighted by Crippen LogP contribution is 2.13. The van der Waals surface area contributed by atoms with Gasteiger partial charge in [0, 0.05) is 31.8 Å². The summed E-state index contributed by atoms with van der Waals surface area (Å²) in [4.78, 5) is 25.9. The molecule has 0 bridgehead atoms. The lowest BCUT2D eigenvalue weighted by atomic mass is 10.1. The number of carbonyl (C=O) groups is 2. The quantitative estimate of drug-likeness (QED) is 0.590. The monoisotopic (exact) mass is 384 g/mol. The summed E-state index contributed by atoms with van der Waals surface area (Å²) >= 11 is 0. The fourth-order valence-corrected chi connectivity index (χ4v) is 2.97. The van der Waals surface area contributed by atoms with Crippen LogP contribution < -0.4 is 5.32 Å². The Morgan fingerprint density at radius 2 is 1.31 bits per heavy atom. The van der Waals surface area contributed by atoms with Crippen LogP contribution in [-0.2, 0) is 22.7 Å². The molecule has 0 saturated heterocycles. The lowest BCUT2D eigenvalue weighted by Crippen LogP contribution is -2.28. The van der Waals surface area contributed by atoms with E-state index in [1.165, 1.54) is 6.92 Å². The van der Waals surface area contributed by atoms with Gasteiger partial charge < -0.3 is 10.2 Å². The zero-order valence-corrected chi connectivity index (χ0v) is 16.4. The second-order valence-corrected chi connectivity index (χ2v) is 6.80. The molecule has 2 amide bonds. The normalized spacial score (nSPS) is 10.7. The van der Waals surface area contributed by atoms with E-state index in [-0.39, 0.29) is 11.8 Å². The fraction of sp³-hybridized carbons (Fsp3) is 0.120. The Morgan fingerprint density at radius 1 is 0.793 bits per heavy atom. The predicted octanol–water partition coefficient (Wildman–Crippen LogP) is 4.89. The number of hydrogen-bond acceptors (Lipinski definition) is 2. The highest BCUT2D eigenvalue weighted by atomic mass is 16.2. The van der Waals surface area contributed by atoms with Gasteiger partial charge in [-0.25, -0.2) is 0 Å². The van der Waals surface area contributed by atoms with Crippen molar-refractivity contribution in [2.45, 2.75) is 20.0 Å². The number of carbonyl (C=O) groups excluding carboxylic acids is 2. The maximum Gasteiger partial charge on any atom is 0.247 e. The molecule has 0 atom stereocenters. The first-order valence-electron chi connectivity index (χ1n) is 9.52. The Hall–Kier alpha value is -3.66. The van der Waals surface area contributed by atoms with Crippen molar-refractivity contribution in [2.24, 2.45) is 0 Å². The van der Waals surface area contributed by atoms with Crippen LogP contribution in [0.4, 0.5) is 5.69 Å². The minimum Gasteiger partial charge on any atom is -0.331 e. The van der Waals surface area contributed by atoms with Crippen molar-refractivity contribution in [1.29, 1.82) is 0 Å². The van der Waals surface area contributed by atoms with Gasteiger partial charge in [0.2, 0.25) is 11.8 Å². The van der Waals surface area contributed by atoms with Gasteiger partial charge in [-0.05, 0) is 34.9 Å². The van der Waals surface area contributed by atoms with E-state index in [0.717, 1.165) is 22.4 Å². The smallest absolute Gasteiger partial charge is 0.247 e. The number of anilines is 1. The Balaban J connectivity index is 1.72. The zero-order chi connectivity index (χ0) is 20.5. The molecule has 4 nitrogen and oxygen atoms in total. The van der Waals surface area contributed by atoms with E-state index in [9.17, 15) is 9.59 Å². The fourth-order valence-electron chi connectivity index (χ4n) is 2.97. The maximum absolute atomic E-state index is 12.9. The van der Waals surface area contributed by atoms with Gasteiger partial charge in [0.05, 0.1) is 0 Å². The average Bonchev–Trinajstić information content (AvgIpc) is 2.74. The summed E-state index contributed by atoms with van der Waals surface area (Å²) in [6, 6.07) is 27.3. The third kappa shape index (κ3) is 6.47. The third-order valence-corrected chi connectivity index (χ3v) is 4.39. The van der Waals surface area contributed by atoms with Gasteiger partial charge in [-0.15, -0.1) is 0 Å². The van der Waals surface area contributed by atoms with Crippen LogP contribution in [0, 0.1) is 0 Å². The second kappa shape index (κ2) is 10.0. The Kier molecular flexibility index (Phi) is 6.95. The van der Waals surface area contributed by atoms with Crippen LogP contribution in [0.3, 0.4) is 0 Å². The summed E-state index contributed by atoms with van der Waals surface area (Å²) in [7, 11) is 0. The van der Waals surface area contributed by atoms with Crippen molar-refractivity contribution < 1.29 is 9.59 Å². The highest BCUT2D eigenvalue weighted by molar-refractivity contribution is 5.92. The van der Waals surface area contributed by atoms with E-state index < -0.39 is 0 Å². The highest BCUT2D eigenvalue weighted by Gasteiger charge is 2.12. The SMILES string of the molecule is CC(=O)Nc1ccc(/C=C\C(=O)N(Cc2ccccc2)Cc2ccccc2)cc1. The molecule has 4 heteroatoms. The summed E-state index contributed by atoms with van der Waals surface area (Å²) in [6.45, 7) is 2.56. The molecule has 0 aromatic heterocycles. The first-order valence-corrected chi connectivity index (χ1v) is 9.52. The van der Waals surface area contributed by atoms with E-state index in [2.05, 4.69) is 5.32 Å². The van der Waals surface area contributed by atoms with Crippen LogP contribution in [0.2, 0.25) is 0 Å². The van der Waals surface area contributed by atoms with Crippen molar-refractivity contribution in [1.82, 2.24) is 4.90 Å². The Labute approximate surface area is 171 Å². The minimum absolute atomic E-state index is 0.0522. The van der Waals surface area contributed by atoms with Crippen LogP contribution in [0.1, 0.15) is 23.6 Å². The van der Waals surface area contributed by atoms with Crippen LogP contribution >= 0.6 is 0 Å². The first kappa shape index (κ1) is 20.1. The lowest BCUT2D eigenvalue weighted by molar-refractivity contribution is -0.127. The largest absolute Gasteiger partial charge is 0.331 e. The van der Waals surface area contributed by atoms with Gasteiger partial charge in [-0.1, -0.05) is 72.8 Å². The average molecular weight is 384 g/mol. The standard InChI is InChI=1S/C25H24N2O2/c1-20(28)26-24-15-12-21(13-16-24)14-17-25(29)27(18-22-8-4-2-5-9-22)19-23-10-6-3-7-11-23/h2-17H,18-19H2,1H3,(H,26,28)/b17-14-. The molecule has 0 radical (unpaired) electrons. The van der Waals surface area contributed by atoms with Crippen molar-refractivity contribution in [2.75, 3.05) is 5.32 Å². The van der Waals surface area contributed by atoms with E-state index in [4.69, 9.17) is 0 Å².